The minimum atomic E-state index is -1.03. The number of fused-ring (bicyclic) bond motifs is 1. The molecule has 104 valence electrons. The van der Waals surface area contributed by atoms with Crippen LogP contribution in [0.2, 0.25) is 0 Å². The average molecular weight is 274 g/mol. The minimum Gasteiger partial charge on any atom is -0.464 e. The zero-order valence-corrected chi connectivity index (χ0v) is 10.7. The fraction of sp³-hybridized carbons (Fsp3) is 0.308. The fourth-order valence-electron chi connectivity index (χ4n) is 2.51. The number of pyridine rings is 1. The molecule has 3 rings (SSSR count). The van der Waals surface area contributed by atoms with E-state index in [9.17, 15) is 14.7 Å². The summed E-state index contributed by atoms with van der Waals surface area (Å²) in [5.74, 6) is -0.0316. The molecule has 0 spiro atoms. The smallest absolute Gasteiger partial charge is 0.416 e. The van der Waals surface area contributed by atoms with E-state index in [1.807, 2.05) is 11.0 Å². The quantitative estimate of drug-likeness (QED) is 0.832. The maximum absolute atomic E-state index is 11.4. The van der Waals surface area contributed by atoms with Crippen LogP contribution in [-0.4, -0.2) is 51.2 Å². The van der Waals surface area contributed by atoms with Crippen molar-refractivity contribution >= 4 is 22.9 Å². The van der Waals surface area contributed by atoms with Crippen LogP contribution in [0.1, 0.15) is 5.69 Å². The zero-order chi connectivity index (χ0) is 14.1. The van der Waals surface area contributed by atoms with E-state index in [1.165, 1.54) is 4.57 Å². The first-order chi connectivity index (χ1) is 9.65. The molecule has 0 unspecified atom stereocenters. The van der Waals surface area contributed by atoms with Crippen LogP contribution < -0.4 is 5.32 Å². The number of aromatic nitrogens is 2. The molecule has 7 heteroatoms. The summed E-state index contributed by atoms with van der Waals surface area (Å²) in [7, 11) is 0. The van der Waals surface area contributed by atoms with Gasteiger partial charge in [-0.05, 0) is 12.1 Å². The second-order valence-corrected chi connectivity index (χ2v) is 4.75. The Morgan fingerprint density at radius 1 is 1.50 bits per heavy atom. The molecule has 3 heterocycles. The molecule has 1 fully saturated rings. The number of nitrogens with one attached hydrogen (secondary N) is 1. The monoisotopic (exact) mass is 274 g/mol. The third kappa shape index (κ3) is 2.23. The van der Waals surface area contributed by atoms with Gasteiger partial charge in [0.05, 0.1) is 12.1 Å². The van der Waals surface area contributed by atoms with Crippen molar-refractivity contribution in [3.63, 3.8) is 0 Å². The van der Waals surface area contributed by atoms with Crippen LogP contribution in [0.15, 0.2) is 24.5 Å². The predicted molar refractivity (Wildman–Crippen MR) is 71.4 cm³/mol. The van der Waals surface area contributed by atoms with E-state index in [4.69, 9.17) is 0 Å². The van der Waals surface area contributed by atoms with Crippen molar-refractivity contribution in [3.8, 4) is 0 Å². The Bertz CT molecular complexity index is 679. The second-order valence-electron chi connectivity index (χ2n) is 4.75. The molecule has 2 aromatic heterocycles. The molecule has 2 aromatic rings. The van der Waals surface area contributed by atoms with Crippen LogP contribution in [0.4, 0.5) is 4.79 Å². The lowest BCUT2D eigenvalue weighted by atomic mass is 10.3. The van der Waals surface area contributed by atoms with Gasteiger partial charge in [-0.2, -0.15) is 0 Å². The van der Waals surface area contributed by atoms with E-state index < -0.39 is 6.09 Å². The Morgan fingerprint density at radius 3 is 3.10 bits per heavy atom. The number of rotatable bonds is 2. The van der Waals surface area contributed by atoms with Gasteiger partial charge in [-0.3, -0.25) is 14.7 Å². The van der Waals surface area contributed by atoms with Crippen molar-refractivity contribution in [2.75, 3.05) is 19.6 Å². The van der Waals surface area contributed by atoms with Crippen LogP contribution in [-0.2, 0) is 11.3 Å². The molecule has 1 amide bonds. The van der Waals surface area contributed by atoms with Gasteiger partial charge in [0.15, 0.2) is 0 Å². The van der Waals surface area contributed by atoms with Crippen molar-refractivity contribution in [1.29, 1.82) is 0 Å². The summed E-state index contributed by atoms with van der Waals surface area (Å²) < 4.78 is 1.25. The topological polar surface area (TPSA) is 87.5 Å². The molecule has 20 heavy (non-hydrogen) atoms. The van der Waals surface area contributed by atoms with Crippen LogP contribution in [0, 0.1) is 0 Å². The Balaban J connectivity index is 1.96. The summed E-state index contributed by atoms with van der Waals surface area (Å²) in [5.41, 5.74) is 1.26. The molecule has 0 aromatic carbocycles. The molecule has 1 aliphatic heterocycles. The van der Waals surface area contributed by atoms with E-state index in [0.29, 0.717) is 37.4 Å². The highest BCUT2D eigenvalue weighted by Gasteiger charge is 2.20. The number of carbonyl (C=O) groups excluding carboxylic acids is 1. The number of piperazine rings is 1. The third-order valence-electron chi connectivity index (χ3n) is 3.37. The summed E-state index contributed by atoms with van der Waals surface area (Å²) in [6.07, 6.45) is 2.18. The Hall–Kier alpha value is -2.41. The third-order valence-corrected chi connectivity index (χ3v) is 3.37. The van der Waals surface area contributed by atoms with E-state index in [0.717, 1.165) is 5.39 Å². The molecule has 0 bridgehead atoms. The lowest BCUT2D eigenvalue weighted by Gasteiger charge is -2.26. The largest absolute Gasteiger partial charge is 0.464 e. The van der Waals surface area contributed by atoms with Gasteiger partial charge in [-0.1, -0.05) is 0 Å². The molecule has 0 radical (unpaired) electrons. The zero-order valence-electron chi connectivity index (χ0n) is 10.7. The maximum Gasteiger partial charge on any atom is 0.416 e. The van der Waals surface area contributed by atoms with Crippen molar-refractivity contribution in [1.82, 2.24) is 19.8 Å². The van der Waals surface area contributed by atoms with Crippen LogP contribution in [0.5, 0.6) is 0 Å². The van der Waals surface area contributed by atoms with Gasteiger partial charge in [-0.15, -0.1) is 0 Å². The molecular formula is C13H14N4O3. The first kappa shape index (κ1) is 12.6. The van der Waals surface area contributed by atoms with E-state index >= 15 is 0 Å². The predicted octanol–water partition coefficient (Wildman–Crippen LogP) is 0.494. The van der Waals surface area contributed by atoms with Gasteiger partial charge in [-0.25, -0.2) is 9.36 Å². The Kier molecular flexibility index (Phi) is 3.11. The molecular weight excluding hydrogens is 260 g/mol. The highest BCUT2D eigenvalue weighted by atomic mass is 16.4. The number of hydrogen-bond donors (Lipinski definition) is 2. The SMILES string of the molecule is O=C1CN(Cc2cc3cnccc3n2C(=O)O)CCN1. The van der Waals surface area contributed by atoms with Crippen LogP contribution >= 0.6 is 0 Å². The summed E-state index contributed by atoms with van der Waals surface area (Å²) in [4.78, 5) is 28.7. The number of hydrogen-bond acceptors (Lipinski definition) is 4. The molecule has 2 N–H and O–H groups in total. The number of carbonyl (C=O) groups is 2. The molecule has 1 saturated heterocycles. The lowest BCUT2D eigenvalue weighted by Crippen LogP contribution is -2.47. The second kappa shape index (κ2) is 4.93. The van der Waals surface area contributed by atoms with Crippen molar-refractivity contribution in [2.24, 2.45) is 0 Å². The van der Waals surface area contributed by atoms with Gasteiger partial charge < -0.3 is 10.4 Å². The molecule has 0 atom stereocenters. The number of carboxylic acid groups (broad SMARTS) is 1. The summed E-state index contributed by atoms with van der Waals surface area (Å²) in [6.45, 7) is 2.02. The summed E-state index contributed by atoms with van der Waals surface area (Å²) in [5, 5.41) is 12.9. The van der Waals surface area contributed by atoms with E-state index in [1.54, 1.807) is 18.5 Å². The minimum absolute atomic E-state index is 0.0316. The van der Waals surface area contributed by atoms with Crippen LogP contribution in [0.3, 0.4) is 0 Å². The molecule has 0 aliphatic carbocycles. The number of amides is 1. The fourth-order valence-corrected chi connectivity index (χ4v) is 2.51. The number of nitrogens with zero attached hydrogens (tertiary/aromatic N) is 3. The van der Waals surface area contributed by atoms with Gasteiger partial charge in [0.1, 0.15) is 0 Å². The highest BCUT2D eigenvalue weighted by molar-refractivity contribution is 5.89. The van der Waals surface area contributed by atoms with Gasteiger partial charge in [0.2, 0.25) is 5.91 Å². The molecule has 7 nitrogen and oxygen atoms in total. The lowest BCUT2D eigenvalue weighted by molar-refractivity contribution is -0.124. The van der Waals surface area contributed by atoms with E-state index in [2.05, 4.69) is 10.3 Å². The first-order valence-corrected chi connectivity index (χ1v) is 6.32. The van der Waals surface area contributed by atoms with Gasteiger partial charge >= 0.3 is 6.09 Å². The van der Waals surface area contributed by atoms with Gasteiger partial charge in [0, 0.05) is 43.1 Å². The van der Waals surface area contributed by atoms with E-state index in [-0.39, 0.29) is 5.91 Å². The van der Waals surface area contributed by atoms with Gasteiger partial charge in [0.25, 0.3) is 0 Å². The summed E-state index contributed by atoms with van der Waals surface area (Å²) in [6, 6.07) is 3.48. The average Bonchev–Trinajstić information content (AvgIpc) is 2.76. The Morgan fingerprint density at radius 2 is 2.35 bits per heavy atom. The highest BCUT2D eigenvalue weighted by Crippen LogP contribution is 2.20. The van der Waals surface area contributed by atoms with Crippen LogP contribution in [0.25, 0.3) is 10.9 Å². The van der Waals surface area contributed by atoms with Crippen molar-refractivity contribution < 1.29 is 14.7 Å². The van der Waals surface area contributed by atoms with Crippen molar-refractivity contribution in [2.45, 2.75) is 6.54 Å². The summed E-state index contributed by atoms with van der Waals surface area (Å²) >= 11 is 0. The molecule has 1 aliphatic rings. The maximum atomic E-state index is 11.4. The Labute approximate surface area is 114 Å². The normalized spacial score (nSPS) is 16.3. The first-order valence-electron chi connectivity index (χ1n) is 6.32. The van der Waals surface area contributed by atoms with Crippen molar-refractivity contribution in [3.05, 3.63) is 30.2 Å². The molecule has 0 saturated carbocycles. The standard InChI is InChI=1S/C13H14N4O3/c18-12-8-16(4-3-15-12)7-10-5-9-6-14-2-1-11(9)17(10)13(19)20/h1-2,5-6H,3-4,7-8H2,(H,15,18)(H,19,20).